The number of sulfone groups is 1. The Hall–Kier alpha value is -2.80. The first kappa shape index (κ1) is 30.7. The molecule has 0 saturated carbocycles. The Bertz CT molecular complexity index is 1530. The van der Waals surface area contributed by atoms with Gasteiger partial charge in [0, 0.05) is 36.8 Å². The number of benzene rings is 1. The van der Waals surface area contributed by atoms with E-state index in [0.717, 1.165) is 27.6 Å². The number of hydrogen-bond donors (Lipinski definition) is 1. The zero-order chi connectivity index (χ0) is 30.3. The van der Waals surface area contributed by atoms with Crippen LogP contribution in [0, 0.1) is 0 Å². The second-order valence-electron chi connectivity index (χ2n) is 11.0. The van der Waals surface area contributed by atoms with Gasteiger partial charge in [-0.3, -0.25) is 14.7 Å². The number of carbonyl (C=O) groups is 1. The molecule has 7 nitrogen and oxygen atoms in total. The SMILES string of the molecule is CCS(=O)(=O)c1ccc(CNC(=O)c2cc3c(s2)C2(CCN(C(C)c4ccc(C(F)(F)F)nc4)CC2)OC(C)C3)cc1. The third-order valence-electron chi connectivity index (χ3n) is 8.21. The number of nitrogens with zero attached hydrogens (tertiary/aromatic N) is 2. The molecule has 1 saturated heterocycles. The molecule has 2 unspecified atom stereocenters. The number of rotatable bonds is 7. The Balaban J connectivity index is 1.25. The largest absolute Gasteiger partial charge is 0.433 e. The predicted molar refractivity (Wildman–Crippen MR) is 154 cm³/mol. The molecule has 226 valence electrons. The van der Waals surface area contributed by atoms with Gasteiger partial charge < -0.3 is 10.1 Å². The van der Waals surface area contributed by atoms with Crippen LogP contribution in [0.3, 0.4) is 0 Å². The monoisotopic (exact) mass is 621 g/mol. The van der Waals surface area contributed by atoms with Crippen molar-refractivity contribution in [3.8, 4) is 0 Å². The van der Waals surface area contributed by atoms with Crippen molar-refractivity contribution in [1.82, 2.24) is 15.2 Å². The Kier molecular flexibility index (Phi) is 8.54. The molecule has 1 aromatic carbocycles. The smallest absolute Gasteiger partial charge is 0.366 e. The molecule has 2 atom stereocenters. The topological polar surface area (TPSA) is 88.6 Å². The number of pyridine rings is 1. The van der Waals surface area contributed by atoms with Crippen molar-refractivity contribution in [2.75, 3.05) is 18.8 Å². The Labute approximate surface area is 248 Å². The maximum atomic E-state index is 13.1. The summed E-state index contributed by atoms with van der Waals surface area (Å²) in [6, 6.07) is 10.9. The standard InChI is InChI=1S/C30H34F3N3O4S2/c1-4-42(38,39)24-8-5-21(6-9-24)17-35-28(37)25-16-23-15-19(2)40-29(27(23)41-25)11-13-36(14-12-29)20(3)22-7-10-26(34-18-22)30(31,32)33/h5-10,16,18-20H,4,11-15,17H2,1-3H3,(H,35,37). The fourth-order valence-electron chi connectivity index (χ4n) is 5.77. The lowest BCUT2D eigenvalue weighted by Gasteiger charge is -2.47. The zero-order valence-electron chi connectivity index (χ0n) is 23.7. The number of likely N-dealkylation sites (tertiary alicyclic amines) is 1. The van der Waals surface area contributed by atoms with Gasteiger partial charge in [-0.25, -0.2) is 8.42 Å². The van der Waals surface area contributed by atoms with E-state index >= 15 is 0 Å². The van der Waals surface area contributed by atoms with E-state index in [9.17, 15) is 26.4 Å². The number of ether oxygens (including phenoxy) is 1. The van der Waals surface area contributed by atoms with Crippen molar-refractivity contribution in [2.45, 2.75) is 75.4 Å². The van der Waals surface area contributed by atoms with Crippen LogP contribution in [-0.4, -0.2) is 49.2 Å². The average molecular weight is 622 g/mol. The number of nitrogens with one attached hydrogen (secondary N) is 1. The number of amides is 1. The molecule has 5 rings (SSSR count). The van der Waals surface area contributed by atoms with E-state index in [0.29, 0.717) is 37.2 Å². The van der Waals surface area contributed by atoms with Crippen LogP contribution in [0.1, 0.15) is 76.6 Å². The predicted octanol–water partition coefficient (Wildman–Crippen LogP) is 5.90. The van der Waals surface area contributed by atoms with Crippen LogP contribution in [0.4, 0.5) is 13.2 Å². The Morgan fingerprint density at radius 1 is 1.19 bits per heavy atom. The molecule has 1 N–H and O–H groups in total. The summed E-state index contributed by atoms with van der Waals surface area (Å²) in [7, 11) is -3.28. The number of hydrogen-bond acceptors (Lipinski definition) is 7. The highest BCUT2D eigenvalue weighted by Crippen LogP contribution is 2.48. The molecule has 0 bridgehead atoms. The first-order valence-electron chi connectivity index (χ1n) is 14.0. The third-order valence-corrected chi connectivity index (χ3v) is 11.3. The summed E-state index contributed by atoms with van der Waals surface area (Å²) in [5.74, 6) is -0.160. The molecule has 4 heterocycles. The summed E-state index contributed by atoms with van der Waals surface area (Å²) in [6.45, 7) is 7.27. The molecule has 2 aromatic heterocycles. The summed E-state index contributed by atoms with van der Waals surface area (Å²) in [4.78, 5) is 20.9. The molecule has 2 aliphatic rings. The van der Waals surface area contributed by atoms with Crippen LogP contribution in [0.15, 0.2) is 53.6 Å². The minimum atomic E-state index is -4.46. The molecule has 1 spiro atoms. The van der Waals surface area contributed by atoms with E-state index in [-0.39, 0.29) is 35.2 Å². The fraction of sp³-hybridized carbons (Fsp3) is 0.467. The summed E-state index contributed by atoms with van der Waals surface area (Å²) < 4.78 is 69.5. The van der Waals surface area contributed by atoms with Crippen LogP contribution in [0.5, 0.6) is 0 Å². The molecule has 0 radical (unpaired) electrons. The number of thiophene rings is 1. The molecular weight excluding hydrogens is 587 g/mol. The van der Waals surface area contributed by atoms with Crippen molar-refractivity contribution >= 4 is 27.1 Å². The second-order valence-corrected chi connectivity index (χ2v) is 14.3. The summed E-state index contributed by atoms with van der Waals surface area (Å²) in [5.41, 5.74) is 1.25. The molecule has 12 heteroatoms. The molecule has 42 heavy (non-hydrogen) atoms. The molecular formula is C30H34F3N3O4S2. The van der Waals surface area contributed by atoms with Gasteiger partial charge in [-0.1, -0.05) is 25.1 Å². The van der Waals surface area contributed by atoms with E-state index in [4.69, 9.17) is 4.74 Å². The minimum Gasteiger partial charge on any atom is -0.366 e. The van der Waals surface area contributed by atoms with Gasteiger partial charge in [0.15, 0.2) is 9.84 Å². The van der Waals surface area contributed by atoms with Crippen LogP contribution < -0.4 is 5.32 Å². The van der Waals surface area contributed by atoms with E-state index in [2.05, 4.69) is 15.2 Å². The lowest BCUT2D eigenvalue weighted by Crippen LogP contribution is -2.48. The average Bonchev–Trinajstić information content (AvgIpc) is 3.41. The van der Waals surface area contributed by atoms with E-state index in [1.165, 1.54) is 23.6 Å². The van der Waals surface area contributed by atoms with Crippen LogP contribution in [0.2, 0.25) is 0 Å². The van der Waals surface area contributed by atoms with E-state index in [1.54, 1.807) is 31.2 Å². The molecule has 3 aromatic rings. The van der Waals surface area contributed by atoms with Crippen LogP contribution in [0.25, 0.3) is 0 Å². The highest BCUT2D eigenvalue weighted by Gasteiger charge is 2.45. The summed E-state index contributed by atoms with van der Waals surface area (Å²) in [5, 5.41) is 2.95. The number of alkyl halides is 3. The number of carbonyl (C=O) groups excluding carboxylic acids is 1. The van der Waals surface area contributed by atoms with Gasteiger partial charge in [-0.05, 0) is 74.1 Å². The van der Waals surface area contributed by atoms with Crippen molar-refractivity contribution < 1.29 is 31.1 Å². The maximum absolute atomic E-state index is 13.1. The highest BCUT2D eigenvalue weighted by atomic mass is 32.2. The number of halogens is 3. The third kappa shape index (κ3) is 6.27. The normalized spacial score (nSPS) is 19.8. The van der Waals surface area contributed by atoms with Crippen LogP contribution >= 0.6 is 11.3 Å². The van der Waals surface area contributed by atoms with Gasteiger partial charge in [0.25, 0.3) is 5.91 Å². The quantitative estimate of drug-likeness (QED) is 0.354. The summed E-state index contributed by atoms with van der Waals surface area (Å²) in [6.07, 6.45) is -1.04. The Morgan fingerprint density at radius 2 is 1.88 bits per heavy atom. The molecule has 1 fully saturated rings. The van der Waals surface area contributed by atoms with Gasteiger partial charge >= 0.3 is 6.18 Å². The molecule has 0 aliphatic carbocycles. The zero-order valence-corrected chi connectivity index (χ0v) is 25.3. The number of piperidine rings is 1. The minimum absolute atomic E-state index is 0.0102. The van der Waals surface area contributed by atoms with Gasteiger partial charge in [-0.2, -0.15) is 13.2 Å². The lowest BCUT2D eigenvalue weighted by atomic mass is 9.83. The van der Waals surface area contributed by atoms with Crippen LogP contribution in [-0.2, 0) is 39.3 Å². The van der Waals surface area contributed by atoms with Crippen molar-refractivity contribution in [3.05, 3.63) is 80.8 Å². The number of aromatic nitrogens is 1. The van der Waals surface area contributed by atoms with E-state index in [1.807, 2.05) is 19.9 Å². The first-order valence-corrected chi connectivity index (χ1v) is 16.5. The number of fused-ring (bicyclic) bond motifs is 2. The Morgan fingerprint density at radius 3 is 2.48 bits per heavy atom. The van der Waals surface area contributed by atoms with Gasteiger partial charge in [-0.15, -0.1) is 11.3 Å². The molecule has 1 amide bonds. The second kappa shape index (κ2) is 11.7. The van der Waals surface area contributed by atoms with Crippen molar-refractivity contribution in [2.24, 2.45) is 0 Å². The van der Waals surface area contributed by atoms with Gasteiger partial charge in [0.1, 0.15) is 11.3 Å². The van der Waals surface area contributed by atoms with Crippen molar-refractivity contribution in [3.63, 3.8) is 0 Å². The first-order chi connectivity index (χ1) is 19.8. The van der Waals surface area contributed by atoms with Gasteiger partial charge in [0.2, 0.25) is 0 Å². The van der Waals surface area contributed by atoms with Gasteiger partial charge in [0.05, 0.1) is 21.6 Å². The molecule has 2 aliphatic heterocycles. The van der Waals surface area contributed by atoms with Crippen molar-refractivity contribution in [1.29, 1.82) is 0 Å². The summed E-state index contributed by atoms with van der Waals surface area (Å²) >= 11 is 1.45. The fourth-order valence-corrected chi connectivity index (χ4v) is 7.95. The van der Waals surface area contributed by atoms with E-state index < -0.39 is 27.3 Å². The lowest BCUT2D eigenvalue weighted by molar-refractivity contribution is -0.141. The highest BCUT2D eigenvalue weighted by molar-refractivity contribution is 7.91. The maximum Gasteiger partial charge on any atom is 0.433 e.